The number of hydrogen-bond acceptors (Lipinski definition) is 6. The summed E-state index contributed by atoms with van der Waals surface area (Å²) in [4.78, 5) is 25.0. The topological polar surface area (TPSA) is 103 Å². The molecule has 0 radical (unpaired) electrons. The van der Waals surface area contributed by atoms with Gasteiger partial charge in [0.25, 0.3) is 11.6 Å². The third kappa shape index (κ3) is 4.99. The number of nitro benzene ring substituents is 1. The number of nitrogens with zero attached hydrogens (tertiary/aromatic N) is 5. The van der Waals surface area contributed by atoms with Crippen LogP contribution in [0.25, 0.3) is 23.0 Å². The molecule has 1 aliphatic heterocycles. The van der Waals surface area contributed by atoms with Crippen LogP contribution in [-0.4, -0.2) is 33.4 Å². The first-order chi connectivity index (χ1) is 20.0. The summed E-state index contributed by atoms with van der Waals surface area (Å²) in [5.41, 5.74) is 4.60. The Hall–Kier alpha value is -5.83. The fourth-order valence-electron chi connectivity index (χ4n) is 4.60. The van der Waals surface area contributed by atoms with Crippen molar-refractivity contribution in [3.8, 4) is 22.7 Å². The van der Waals surface area contributed by atoms with Gasteiger partial charge in [-0.1, -0.05) is 48.5 Å². The molecule has 0 atom stereocenters. The highest BCUT2D eigenvalue weighted by atomic mass is 16.6. The normalized spacial score (nSPS) is 13.9. The predicted molar refractivity (Wildman–Crippen MR) is 157 cm³/mol. The average molecular weight is 542 g/mol. The van der Waals surface area contributed by atoms with E-state index in [2.05, 4.69) is 0 Å². The lowest BCUT2D eigenvalue weighted by Crippen LogP contribution is -2.21. The lowest BCUT2D eigenvalue weighted by atomic mass is 9.99. The molecule has 1 amide bonds. The zero-order valence-corrected chi connectivity index (χ0v) is 21.9. The summed E-state index contributed by atoms with van der Waals surface area (Å²) in [7, 11) is 1.59. The Morgan fingerprint density at radius 3 is 2.17 bits per heavy atom. The van der Waals surface area contributed by atoms with E-state index in [0.29, 0.717) is 39.5 Å². The lowest BCUT2D eigenvalue weighted by molar-refractivity contribution is -0.384. The Morgan fingerprint density at radius 1 is 0.829 bits per heavy atom. The van der Waals surface area contributed by atoms with E-state index >= 15 is 0 Å². The summed E-state index contributed by atoms with van der Waals surface area (Å²) in [5.74, 6) is 0.376. The summed E-state index contributed by atoms with van der Waals surface area (Å²) < 4.78 is 7.00. The number of aromatic nitrogens is 2. The monoisotopic (exact) mass is 541 g/mol. The summed E-state index contributed by atoms with van der Waals surface area (Å²) in [6, 6.07) is 32.3. The summed E-state index contributed by atoms with van der Waals surface area (Å²) in [6.45, 7) is 0. The third-order valence-electron chi connectivity index (χ3n) is 6.64. The van der Waals surface area contributed by atoms with Crippen LogP contribution in [0.5, 0.6) is 5.75 Å². The molecule has 9 heteroatoms. The van der Waals surface area contributed by atoms with Crippen molar-refractivity contribution in [2.45, 2.75) is 0 Å². The van der Waals surface area contributed by atoms with Crippen LogP contribution in [0.3, 0.4) is 0 Å². The SMILES string of the molecule is COc1ccc(C2=NN(c3ccccc3)C(=O)C2=Cc2cn(-c3ccccc3)nc2-c2cccc([N+](=O)[O-])c2)cc1. The highest BCUT2D eigenvalue weighted by Gasteiger charge is 2.32. The molecular weight excluding hydrogens is 518 g/mol. The van der Waals surface area contributed by atoms with Gasteiger partial charge in [-0.25, -0.2) is 4.68 Å². The van der Waals surface area contributed by atoms with E-state index in [4.69, 9.17) is 14.9 Å². The zero-order valence-electron chi connectivity index (χ0n) is 21.9. The van der Waals surface area contributed by atoms with Gasteiger partial charge in [0.2, 0.25) is 0 Å². The number of methoxy groups -OCH3 is 1. The van der Waals surface area contributed by atoms with Crippen molar-refractivity contribution in [2.24, 2.45) is 5.10 Å². The number of para-hydroxylation sites is 2. The molecule has 2 heterocycles. The molecule has 0 fully saturated rings. The van der Waals surface area contributed by atoms with E-state index < -0.39 is 4.92 Å². The molecule has 41 heavy (non-hydrogen) atoms. The van der Waals surface area contributed by atoms with Gasteiger partial charge >= 0.3 is 0 Å². The molecule has 0 saturated carbocycles. The second-order valence-corrected chi connectivity index (χ2v) is 9.21. The van der Waals surface area contributed by atoms with E-state index in [9.17, 15) is 14.9 Å². The van der Waals surface area contributed by atoms with Gasteiger partial charge in [0.05, 0.1) is 29.0 Å². The molecule has 6 rings (SSSR count). The second-order valence-electron chi connectivity index (χ2n) is 9.21. The molecule has 0 unspecified atom stereocenters. The van der Waals surface area contributed by atoms with Crippen molar-refractivity contribution in [3.63, 3.8) is 0 Å². The molecule has 5 aromatic rings. The number of amides is 1. The highest BCUT2D eigenvalue weighted by Crippen LogP contribution is 2.32. The molecule has 1 aromatic heterocycles. The number of non-ortho nitro benzene ring substituents is 1. The largest absolute Gasteiger partial charge is 0.497 e. The van der Waals surface area contributed by atoms with Crippen LogP contribution >= 0.6 is 0 Å². The van der Waals surface area contributed by atoms with E-state index in [1.54, 1.807) is 36.2 Å². The minimum Gasteiger partial charge on any atom is -0.497 e. The molecule has 4 aromatic carbocycles. The quantitative estimate of drug-likeness (QED) is 0.137. The smallest absolute Gasteiger partial charge is 0.281 e. The first kappa shape index (κ1) is 25.4. The van der Waals surface area contributed by atoms with Crippen LogP contribution in [0.15, 0.2) is 126 Å². The van der Waals surface area contributed by atoms with Gasteiger partial charge < -0.3 is 4.74 Å². The Bertz CT molecular complexity index is 1810. The number of carbonyl (C=O) groups is 1. The van der Waals surface area contributed by atoms with E-state index in [1.165, 1.54) is 17.1 Å². The fourth-order valence-corrected chi connectivity index (χ4v) is 4.60. The zero-order chi connectivity index (χ0) is 28.3. The fraction of sp³-hybridized carbons (Fsp3) is 0.0312. The number of benzene rings is 4. The van der Waals surface area contributed by atoms with Crippen molar-refractivity contribution in [2.75, 3.05) is 12.1 Å². The number of hydrogen-bond donors (Lipinski definition) is 0. The van der Waals surface area contributed by atoms with Crippen LogP contribution in [0.1, 0.15) is 11.1 Å². The molecule has 0 bridgehead atoms. The molecule has 0 aliphatic carbocycles. The molecular formula is C32H23N5O4. The first-order valence-corrected chi connectivity index (χ1v) is 12.8. The summed E-state index contributed by atoms with van der Waals surface area (Å²) in [6.07, 6.45) is 3.55. The number of anilines is 1. The predicted octanol–water partition coefficient (Wildman–Crippen LogP) is 6.29. The van der Waals surface area contributed by atoms with Crippen molar-refractivity contribution < 1.29 is 14.5 Å². The number of hydrazone groups is 1. The van der Waals surface area contributed by atoms with Gasteiger partial charge in [0.1, 0.15) is 17.2 Å². The number of rotatable bonds is 7. The Labute approximate surface area is 235 Å². The molecule has 0 spiro atoms. The van der Waals surface area contributed by atoms with Gasteiger partial charge in [0, 0.05) is 35.0 Å². The van der Waals surface area contributed by atoms with Gasteiger partial charge in [-0.2, -0.15) is 15.2 Å². The molecule has 200 valence electrons. The third-order valence-corrected chi connectivity index (χ3v) is 6.64. The lowest BCUT2D eigenvalue weighted by Gasteiger charge is -2.10. The van der Waals surface area contributed by atoms with Crippen LogP contribution in [-0.2, 0) is 4.79 Å². The standard InChI is InChI=1S/C32H23N5O4/c1-41-28-17-15-22(16-18-28)31-29(32(38)36(34-31)26-12-6-3-7-13-26)20-24-21-35(25-10-4-2-5-11-25)33-30(24)23-9-8-14-27(19-23)37(39)40/h2-21H,1H3. The van der Waals surface area contributed by atoms with Crippen molar-refractivity contribution in [1.29, 1.82) is 0 Å². The van der Waals surface area contributed by atoms with Crippen molar-refractivity contribution >= 4 is 29.1 Å². The first-order valence-electron chi connectivity index (χ1n) is 12.8. The highest BCUT2D eigenvalue weighted by molar-refractivity contribution is 6.37. The molecule has 0 saturated heterocycles. The van der Waals surface area contributed by atoms with Crippen LogP contribution < -0.4 is 9.75 Å². The van der Waals surface area contributed by atoms with Crippen LogP contribution in [0, 0.1) is 10.1 Å². The maximum Gasteiger partial charge on any atom is 0.281 e. The Kier molecular flexibility index (Phi) is 6.67. The average Bonchev–Trinajstić information content (AvgIpc) is 3.59. The summed E-state index contributed by atoms with van der Waals surface area (Å²) >= 11 is 0. The van der Waals surface area contributed by atoms with Gasteiger partial charge in [-0.3, -0.25) is 14.9 Å². The van der Waals surface area contributed by atoms with E-state index in [0.717, 1.165) is 11.3 Å². The molecule has 0 N–H and O–H groups in total. The maximum absolute atomic E-state index is 13.9. The molecule has 1 aliphatic rings. The van der Waals surface area contributed by atoms with Crippen molar-refractivity contribution in [3.05, 3.63) is 142 Å². The Morgan fingerprint density at radius 2 is 1.51 bits per heavy atom. The van der Waals surface area contributed by atoms with Gasteiger partial charge in [-0.15, -0.1) is 0 Å². The van der Waals surface area contributed by atoms with E-state index in [1.807, 2.05) is 84.9 Å². The maximum atomic E-state index is 13.9. The summed E-state index contributed by atoms with van der Waals surface area (Å²) in [5, 5.41) is 22.4. The van der Waals surface area contributed by atoms with Crippen LogP contribution in [0.4, 0.5) is 11.4 Å². The second kappa shape index (κ2) is 10.7. The molecule has 9 nitrogen and oxygen atoms in total. The Balaban J connectivity index is 1.53. The van der Waals surface area contributed by atoms with Gasteiger partial charge in [-0.05, 0) is 54.6 Å². The van der Waals surface area contributed by atoms with Crippen molar-refractivity contribution in [1.82, 2.24) is 9.78 Å². The van der Waals surface area contributed by atoms with Gasteiger partial charge in [0.15, 0.2) is 0 Å². The number of nitro groups is 1. The number of carbonyl (C=O) groups excluding carboxylic acids is 1. The van der Waals surface area contributed by atoms with E-state index in [-0.39, 0.29) is 11.6 Å². The minimum absolute atomic E-state index is 0.0527. The van der Waals surface area contributed by atoms with Crippen LogP contribution in [0.2, 0.25) is 0 Å². The number of ether oxygens (including phenoxy) is 1. The minimum atomic E-state index is -0.442.